The van der Waals surface area contributed by atoms with Crippen molar-refractivity contribution in [1.29, 1.82) is 0 Å². The number of amides is 4. The molecule has 0 aliphatic heterocycles. The Balaban J connectivity index is 2.50. The SMILES string of the molecule is CCCC(C)NC(=O)C(c1ccccc1O)N(C(=O)C(CCC(N)=O)NC(=O)OC(C)(C)C)C1CCC1. The van der Waals surface area contributed by atoms with E-state index in [0.29, 0.717) is 12.8 Å². The van der Waals surface area contributed by atoms with Crippen LogP contribution in [0.5, 0.6) is 5.75 Å². The number of nitrogens with zero attached hydrogens (tertiary/aromatic N) is 1. The molecule has 0 heterocycles. The number of alkyl carbamates (subject to hydrolysis) is 1. The molecular weight excluding hydrogens is 476 g/mol. The van der Waals surface area contributed by atoms with Crippen LogP contribution in [0.4, 0.5) is 4.79 Å². The predicted molar refractivity (Wildman–Crippen MR) is 139 cm³/mol. The van der Waals surface area contributed by atoms with Crippen LogP contribution in [0, 0.1) is 0 Å². The average Bonchev–Trinajstić information content (AvgIpc) is 2.74. The Morgan fingerprint density at radius 1 is 1.14 bits per heavy atom. The normalized spacial score (nSPS) is 16.0. The molecule has 1 aliphatic carbocycles. The molecule has 37 heavy (non-hydrogen) atoms. The van der Waals surface area contributed by atoms with Gasteiger partial charge in [0.25, 0.3) is 0 Å². The maximum Gasteiger partial charge on any atom is 0.408 e. The third kappa shape index (κ3) is 8.94. The van der Waals surface area contributed by atoms with Crippen molar-refractivity contribution in [2.45, 2.75) is 109 Å². The van der Waals surface area contributed by atoms with Gasteiger partial charge in [0.1, 0.15) is 23.4 Å². The van der Waals surface area contributed by atoms with Gasteiger partial charge in [-0.2, -0.15) is 0 Å². The molecule has 0 bridgehead atoms. The maximum absolute atomic E-state index is 14.1. The van der Waals surface area contributed by atoms with Crippen LogP contribution >= 0.6 is 0 Å². The Morgan fingerprint density at radius 2 is 1.78 bits per heavy atom. The first kappa shape index (κ1) is 29.9. The molecule has 1 aromatic carbocycles. The van der Waals surface area contributed by atoms with E-state index in [1.807, 2.05) is 13.8 Å². The van der Waals surface area contributed by atoms with E-state index in [4.69, 9.17) is 10.5 Å². The van der Waals surface area contributed by atoms with Gasteiger partial charge >= 0.3 is 6.09 Å². The summed E-state index contributed by atoms with van der Waals surface area (Å²) in [6.07, 6.45) is 2.81. The van der Waals surface area contributed by atoms with Gasteiger partial charge in [0.05, 0.1) is 0 Å². The number of carbonyl (C=O) groups is 4. The first-order valence-corrected chi connectivity index (χ1v) is 13.0. The predicted octanol–water partition coefficient (Wildman–Crippen LogP) is 3.28. The van der Waals surface area contributed by atoms with Crippen LogP contribution < -0.4 is 16.4 Å². The topological polar surface area (TPSA) is 151 Å². The zero-order valence-corrected chi connectivity index (χ0v) is 22.6. The van der Waals surface area contributed by atoms with Gasteiger partial charge in [-0.3, -0.25) is 14.4 Å². The number of hydrogen-bond acceptors (Lipinski definition) is 6. The number of nitrogens with one attached hydrogen (secondary N) is 2. The molecule has 0 saturated heterocycles. The molecule has 1 saturated carbocycles. The van der Waals surface area contributed by atoms with Crippen molar-refractivity contribution in [2.24, 2.45) is 5.73 Å². The monoisotopic (exact) mass is 518 g/mol. The van der Waals surface area contributed by atoms with Gasteiger partial charge in [-0.05, 0) is 65.9 Å². The Hall–Kier alpha value is -3.30. The van der Waals surface area contributed by atoms with Crippen LogP contribution in [0.2, 0.25) is 0 Å². The Labute approximate surface area is 219 Å². The molecular formula is C27H42N4O6. The van der Waals surface area contributed by atoms with Gasteiger partial charge in [-0.1, -0.05) is 31.5 Å². The number of rotatable bonds is 12. The summed E-state index contributed by atoms with van der Waals surface area (Å²) >= 11 is 0. The molecule has 2 rings (SSSR count). The summed E-state index contributed by atoms with van der Waals surface area (Å²) in [6.45, 7) is 8.99. The number of phenols is 1. The summed E-state index contributed by atoms with van der Waals surface area (Å²) in [5, 5.41) is 16.2. The third-order valence-electron chi connectivity index (χ3n) is 6.26. The fraction of sp³-hybridized carbons (Fsp3) is 0.630. The second-order valence-corrected chi connectivity index (χ2v) is 10.7. The first-order valence-electron chi connectivity index (χ1n) is 13.0. The van der Waals surface area contributed by atoms with E-state index >= 15 is 0 Å². The van der Waals surface area contributed by atoms with E-state index in [-0.39, 0.29) is 36.2 Å². The molecule has 1 aliphatic rings. The summed E-state index contributed by atoms with van der Waals surface area (Å²) < 4.78 is 5.34. The van der Waals surface area contributed by atoms with Crippen molar-refractivity contribution in [3.05, 3.63) is 29.8 Å². The fourth-order valence-electron chi connectivity index (χ4n) is 4.32. The van der Waals surface area contributed by atoms with Gasteiger partial charge in [0.15, 0.2) is 0 Å². The number of hydrogen-bond donors (Lipinski definition) is 4. The molecule has 5 N–H and O–H groups in total. The number of carbonyl (C=O) groups excluding carboxylic acids is 4. The number of phenolic OH excluding ortho intramolecular Hbond substituents is 1. The standard InChI is InChI=1S/C27H42N4O6/c1-6-10-17(2)29-24(34)23(19-13-7-8-14-21(19)32)31(18-11-9-12-18)25(35)20(15-16-22(28)33)30-26(36)37-27(3,4)5/h7-8,13-14,17-18,20,23,32H,6,9-12,15-16H2,1-5H3,(H2,28,33)(H,29,34)(H,30,36). The second kappa shape index (κ2) is 13.3. The van der Waals surface area contributed by atoms with Crippen LogP contribution in [0.1, 0.15) is 91.2 Å². The zero-order chi connectivity index (χ0) is 27.8. The molecule has 1 aromatic rings. The molecule has 3 unspecified atom stereocenters. The minimum Gasteiger partial charge on any atom is -0.508 e. The van der Waals surface area contributed by atoms with E-state index in [2.05, 4.69) is 10.6 Å². The Morgan fingerprint density at radius 3 is 2.30 bits per heavy atom. The number of benzene rings is 1. The highest BCUT2D eigenvalue weighted by Crippen LogP contribution is 2.37. The average molecular weight is 519 g/mol. The highest BCUT2D eigenvalue weighted by molar-refractivity contribution is 5.93. The smallest absolute Gasteiger partial charge is 0.408 e. The van der Waals surface area contributed by atoms with Gasteiger partial charge < -0.3 is 31.1 Å². The van der Waals surface area contributed by atoms with Crippen LogP contribution in [-0.2, 0) is 19.1 Å². The van der Waals surface area contributed by atoms with Crippen molar-refractivity contribution in [3.8, 4) is 5.75 Å². The van der Waals surface area contributed by atoms with Crippen LogP contribution in [0.15, 0.2) is 24.3 Å². The molecule has 0 spiro atoms. The number of nitrogens with two attached hydrogens (primary N) is 1. The third-order valence-corrected chi connectivity index (χ3v) is 6.26. The van der Waals surface area contributed by atoms with E-state index in [0.717, 1.165) is 19.3 Å². The summed E-state index contributed by atoms with van der Waals surface area (Å²) in [5.41, 5.74) is 4.83. The zero-order valence-electron chi connectivity index (χ0n) is 22.6. The minimum atomic E-state index is -1.16. The van der Waals surface area contributed by atoms with Gasteiger partial charge in [-0.15, -0.1) is 0 Å². The Bertz CT molecular complexity index is 956. The van der Waals surface area contributed by atoms with Gasteiger partial charge in [-0.25, -0.2) is 4.79 Å². The Kier molecular flexibility index (Phi) is 10.8. The summed E-state index contributed by atoms with van der Waals surface area (Å²) in [7, 11) is 0. The van der Waals surface area contributed by atoms with Crippen molar-refractivity contribution >= 4 is 23.8 Å². The number of para-hydroxylation sites is 1. The van der Waals surface area contributed by atoms with E-state index in [9.17, 15) is 24.3 Å². The summed E-state index contributed by atoms with van der Waals surface area (Å²) in [4.78, 5) is 53.4. The van der Waals surface area contributed by atoms with Crippen LogP contribution in [0.3, 0.4) is 0 Å². The van der Waals surface area contributed by atoms with E-state index in [1.54, 1.807) is 39.0 Å². The molecule has 10 nitrogen and oxygen atoms in total. The van der Waals surface area contributed by atoms with Crippen LogP contribution in [-0.4, -0.2) is 57.5 Å². The summed E-state index contributed by atoms with van der Waals surface area (Å²) in [5.74, 6) is -1.70. The van der Waals surface area contributed by atoms with Gasteiger partial charge in [0, 0.05) is 24.1 Å². The van der Waals surface area contributed by atoms with Crippen molar-refractivity contribution in [1.82, 2.24) is 15.5 Å². The van der Waals surface area contributed by atoms with Gasteiger partial charge in [0.2, 0.25) is 17.7 Å². The lowest BCUT2D eigenvalue weighted by Crippen LogP contribution is -2.58. The molecule has 4 amide bonds. The number of primary amides is 1. The quantitative estimate of drug-likeness (QED) is 0.333. The first-order chi connectivity index (χ1) is 17.3. The number of ether oxygens (including phenoxy) is 1. The molecule has 3 atom stereocenters. The molecule has 1 fully saturated rings. The molecule has 206 valence electrons. The molecule has 0 radical (unpaired) electrons. The number of aromatic hydroxyl groups is 1. The van der Waals surface area contributed by atoms with Crippen molar-refractivity contribution in [3.63, 3.8) is 0 Å². The van der Waals surface area contributed by atoms with Crippen molar-refractivity contribution < 1.29 is 29.0 Å². The van der Waals surface area contributed by atoms with E-state index in [1.165, 1.54) is 11.0 Å². The largest absolute Gasteiger partial charge is 0.508 e. The lowest BCUT2D eigenvalue weighted by Gasteiger charge is -2.44. The highest BCUT2D eigenvalue weighted by atomic mass is 16.6. The fourth-order valence-corrected chi connectivity index (χ4v) is 4.32. The second-order valence-electron chi connectivity index (χ2n) is 10.7. The van der Waals surface area contributed by atoms with E-state index < -0.39 is 41.5 Å². The highest BCUT2D eigenvalue weighted by Gasteiger charge is 2.43. The lowest BCUT2D eigenvalue weighted by molar-refractivity contribution is -0.148. The molecule has 0 aromatic heterocycles. The molecule has 10 heteroatoms. The van der Waals surface area contributed by atoms with Crippen molar-refractivity contribution in [2.75, 3.05) is 0 Å². The van der Waals surface area contributed by atoms with Crippen LogP contribution in [0.25, 0.3) is 0 Å². The lowest BCUT2D eigenvalue weighted by atomic mass is 9.87. The summed E-state index contributed by atoms with van der Waals surface area (Å²) in [6, 6.07) is 3.71. The maximum atomic E-state index is 14.1. The minimum absolute atomic E-state index is 0.0576.